The maximum absolute atomic E-state index is 10.4. The Bertz CT molecular complexity index is 1020. The second-order valence-electron chi connectivity index (χ2n) is 5.38. The second-order valence-corrected chi connectivity index (χ2v) is 9.52. The first-order valence-corrected chi connectivity index (χ1v) is 11.8. The molecule has 0 unspecified atom stereocenters. The Morgan fingerprint density at radius 2 is 1.48 bits per heavy atom. The van der Waals surface area contributed by atoms with Crippen LogP contribution in [0.3, 0.4) is 0 Å². The molecule has 0 atom stereocenters. The van der Waals surface area contributed by atoms with Crippen LogP contribution in [0, 0.1) is 20.3 Å². The van der Waals surface area contributed by atoms with Gasteiger partial charge in [0.1, 0.15) is 10.1 Å². The summed E-state index contributed by atoms with van der Waals surface area (Å²) in [6.45, 7) is 1.82. The summed E-state index contributed by atoms with van der Waals surface area (Å²) >= 11 is 5.60. The largest absolute Gasteiger partial charge is 0.744 e. The predicted octanol–water partition coefficient (Wildman–Crippen LogP) is 1.51. The normalized spacial score (nSPS) is 10.2. The third-order valence-corrected chi connectivity index (χ3v) is 6.22. The molecule has 3 aromatic rings. The molecule has 0 aromatic heterocycles. The molecule has 0 fully saturated rings. The Labute approximate surface area is 175 Å². The Kier molecular flexibility index (Phi) is 8.32. The van der Waals surface area contributed by atoms with Gasteiger partial charge in [0.15, 0.2) is 3.93 Å². The first kappa shape index (κ1) is 21.5. The van der Waals surface area contributed by atoms with Crippen molar-refractivity contribution < 1.29 is 34.2 Å². The Morgan fingerprint density at radius 3 is 2.04 bits per heavy atom. The lowest BCUT2D eigenvalue weighted by atomic mass is 10.2. The zero-order valence-corrected chi connectivity index (χ0v) is 18.1. The van der Waals surface area contributed by atoms with Gasteiger partial charge in [0.2, 0.25) is 3.57 Å². The van der Waals surface area contributed by atoms with Crippen LogP contribution in [0.5, 0.6) is 0 Å². The van der Waals surface area contributed by atoms with Gasteiger partial charge in [0.25, 0.3) is 0 Å². The van der Waals surface area contributed by atoms with Gasteiger partial charge >= 0.3 is 21.2 Å². The molecule has 0 aliphatic carbocycles. The summed E-state index contributed by atoms with van der Waals surface area (Å²) in [5, 5.41) is 0.753. The standard InChI is InChI=1S/C14H9ClI.C7H8O3S/c15-13-8-6-12(7-9-13)10-11-16-14-4-2-1-3-5-14;1-6-2-4-7(5-3-6)11(8,9)10/h1-9H;2-5H,1H3,(H,8,9,10)/q+1;/p-1. The minimum Gasteiger partial charge on any atom is -0.744 e. The van der Waals surface area contributed by atoms with Crippen LogP contribution >= 0.6 is 11.6 Å². The lowest BCUT2D eigenvalue weighted by molar-refractivity contribution is -0.535. The summed E-state index contributed by atoms with van der Waals surface area (Å²) in [5.41, 5.74) is 1.96. The predicted molar refractivity (Wildman–Crippen MR) is 103 cm³/mol. The van der Waals surface area contributed by atoms with Crippen molar-refractivity contribution in [1.82, 2.24) is 0 Å². The lowest BCUT2D eigenvalue weighted by Gasteiger charge is -2.05. The molecular weight excluding hydrogens is 495 g/mol. The average molecular weight is 511 g/mol. The lowest BCUT2D eigenvalue weighted by Crippen LogP contribution is -3.59. The smallest absolute Gasteiger partial charge is 0.420 e. The topological polar surface area (TPSA) is 57.2 Å². The van der Waals surface area contributed by atoms with Crippen molar-refractivity contribution in [2.45, 2.75) is 11.8 Å². The molecule has 0 saturated carbocycles. The summed E-state index contributed by atoms with van der Waals surface area (Å²) in [7, 11) is -4.27. The van der Waals surface area contributed by atoms with E-state index < -0.39 is 10.1 Å². The van der Waals surface area contributed by atoms with E-state index in [0.29, 0.717) is 0 Å². The molecule has 3 nitrogen and oxygen atoms in total. The van der Waals surface area contributed by atoms with E-state index in [9.17, 15) is 13.0 Å². The molecule has 0 radical (unpaired) electrons. The minimum absolute atomic E-state index is 0.178. The number of halogens is 2. The van der Waals surface area contributed by atoms with Gasteiger partial charge in [-0.1, -0.05) is 47.5 Å². The molecule has 0 spiro atoms. The van der Waals surface area contributed by atoms with E-state index in [1.54, 1.807) is 12.1 Å². The number of hydrogen-bond donors (Lipinski definition) is 0. The molecular formula is C21H16ClIO3S. The van der Waals surface area contributed by atoms with Crippen molar-refractivity contribution in [3.05, 3.63) is 98.6 Å². The molecule has 3 rings (SSSR count). The average Bonchev–Trinajstić information content (AvgIpc) is 2.64. The molecule has 0 aliphatic rings. The fourth-order valence-electron chi connectivity index (χ4n) is 1.85. The maximum Gasteiger partial charge on any atom is 0.420 e. The molecule has 0 N–H and O–H groups in total. The highest BCUT2D eigenvalue weighted by molar-refractivity contribution is 7.85. The number of hydrogen-bond acceptors (Lipinski definition) is 3. The molecule has 0 bridgehead atoms. The zero-order valence-electron chi connectivity index (χ0n) is 14.4. The highest BCUT2D eigenvalue weighted by atomic mass is 127. The van der Waals surface area contributed by atoms with Crippen LogP contribution < -0.4 is 21.2 Å². The number of benzene rings is 3. The van der Waals surface area contributed by atoms with E-state index in [4.69, 9.17) is 11.6 Å². The van der Waals surface area contributed by atoms with Gasteiger partial charge in [-0.05, 0) is 61.4 Å². The van der Waals surface area contributed by atoms with Crippen molar-refractivity contribution in [2.75, 3.05) is 0 Å². The molecule has 0 saturated heterocycles. The minimum atomic E-state index is -4.27. The van der Waals surface area contributed by atoms with Crippen LogP contribution in [0.4, 0.5) is 0 Å². The van der Waals surface area contributed by atoms with Gasteiger partial charge in [-0.25, -0.2) is 8.42 Å². The van der Waals surface area contributed by atoms with Crippen LogP contribution in [0.2, 0.25) is 5.02 Å². The molecule has 3 aromatic carbocycles. The fourth-order valence-corrected chi connectivity index (χ4v) is 3.98. The van der Waals surface area contributed by atoms with Gasteiger partial charge in [0.05, 0.1) is 4.90 Å². The third-order valence-electron chi connectivity index (χ3n) is 3.23. The SMILES string of the molecule is Cc1ccc(S(=O)(=O)[O-])cc1.Clc1ccc(C#C[I+]c2ccccc2)cc1. The quantitative estimate of drug-likeness (QED) is 0.298. The van der Waals surface area contributed by atoms with E-state index in [1.165, 1.54) is 15.7 Å². The second kappa shape index (κ2) is 10.5. The van der Waals surface area contributed by atoms with Crippen molar-refractivity contribution >= 4 is 21.7 Å². The van der Waals surface area contributed by atoms with E-state index in [0.717, 1.165) is 16.1 Å². The monoisotopic (exact) mass is 510 g/mol. The molecule has 138 valence electrons. The summed E-state index contributed by atoms with van der Waals surface area (Å²) in [6, 6.07) is 23.8. The Hall–Kier alpha value is -1.85. The van der Waals surface area contributed by atoms with Crippen molar-refractivity contribution in [3.63, 3.8) is 0 Å². The van der Waals surface area contributed by atoms with Crippen molar-refractivity contribution in [1.29, 1.82) is 0 Å². The summed E-state index contributed by atoms with van der Waals surface area (Å²) < 4.78 is 35.8. The molecule has 0 aliphatic heterocycles. The van der Waals surface area contributed by atoms with Gasteiger partial charge in [-0.2, -0.15) is 0 Å². The van der Waals surface area contributed by atoms with Gasteiger partial charge in [-0.15, -0.1) is 0 Å². The molecule has 0 heterocycles. The van der Waals surface area contributed by atoms with Gasteiger partial charge in [0, 0.05) is 10.6 Å². The zero-order chi connectivity index (χ0) is 19.7. The van der Waals surface area contributed by atoms with E-state index in [-0.39, 0.29) is 26.1 Å². The highest BCUT2D eigenvalue weighted by Gasteiger charge is 2.05. The maximum atomic E-state index is 10.4. The summed E-state index contributed by atoms with van der Waals surface area (Å²) in [4.78, 5) is -0.178. The van der Waals surface area contributed by atoms with Crippen LogP contribution in [0.25, 0.3) is 0 Å². The Balaban J connectivity index is 0.000000208. The number of aryl methyl sites for hydroxylation is 1. The van der Waals surface area contributed by atoms with E-state index in [2.05, 4.69) is 34.1 Å². The third kappa shape index (κ3) is 8.14. The summed E-state index contributed by atoms with van der Waals surface area (Å²) in [5.74, 6) is 3.16. The first-order chi connectivity index (χ1) is 12.8. The van der Waals surface area contributed by atoms with Crippen LogP contribution in [0.1, 0.15) is 11.1 Å². The summed E-state index contributed by atoms with van der Waals surface area (Å²) in [6.07, 6.45) is 0. The molecule has 6 heteroatoms. The fraction of sp³-hybridized carbons (Fsp3) is 0.0476. The number of rotatable bonds is 2. The highest BCUT2D eigenvalue weighted by Crippen LogP contribution is 2.09. The van der Waals surface area contributed by atoms with Crippen LogP contribution in [-0.2, 0) is 10.1 Å². The van der Waals surface area contributed by atoms with Gasteiger partial charge < -0.3 is 4.55 Å². The van der Waals surface area contributed by atoms with Crippen molar-refractivity contribution in [2.24, 2.45) is 0 Å². The molecule has 0 amide bonds. The van der Waals surface area contributed by atoms with Crippen LogP contribution in [-0.4, -0.2) is 13.0 Å². The van der Waals surface area contributed by atoms with E-state index in [1.807, 2.05) is 37.3 Å². The van der Waals surface area contributed by atoms with E-state index >= 15 is 0 Å². The molecule has 27 heavy (non-hydrogen) atoms. The van der Waals surface area contributed by atoms with Crippen molar-refractivity contribution in [3.8, 4) is 9.85 Å². The van der Waals surface area contributed by atoms with Gasteiger partial charge in [-0.3, -0.25) is 0 Å². The first-order valence-electron chi connectivity index (χ1n) is 7.82. The van der Waals surface area contributed by atoms with Crippen LogP contribution in [0.15, 0.2) is 83.8 Å². The Morgan fingerprint density at radius 1 is 0.889 bits per heavy atom.